The first-order valence-electron chi connectivity index (χ1n) is 6.69. The van der Waals surface area contributed by atoms with E-state index < -0.39 is 0 Å². The third-order valence-corrected chi connectivity index (χ3v) is 4.33. The number of hydrogen-bond acceptors (Lipinski definition) is 5. The van der Waals surface area contributed by atoms with Crippen molar-refractivity contribution < 1.29 is 9.59 Å². The molecule has 20 heavy (non-hydrogen) atoms. The monoisotopic (exact) mass is 296 g/mol. The van der Waals surface area contributed by atoms with Crippen LogP contribution in [0.5, 0.6) is 0 Å². The van der Waals surface area contributed by atoms with Gasteiger partial charge in [-0.1, -0.05) is 0 Å². The second kappa shape index (κ2) is 6.32. The number of piperazine rings is 1. The summed E-state index contributed by atoms with van der Waals surface area (Å²) in [6.45, 7) is 5.91. The van der Waals surface area contributed by atoms with Crippen molar-refractivity contribution in [3.63, 3.8) is 0 Å². The SMILES string of the molecule is CNC(=O)C1CN(C(=O)c2cncs2)CCN1C(C)C. The van der Waals surface area contributed by atoms with Gasteiger partial charge in [-0.2, -0.15) is 0 Å². The first-order valence-corrected chi connectivity index (χ1v) is 7.57. The zero-order valence-electron chi connectivity index (χ0n) is 12.0. The summed E-state index contributed by atoms with van der Waals surface area (Å²) in [7, 11) is 1.63. The molecule has 1 aliphatic rings. The predicted octanol–water partition coefficient (Wildman–Crippen LogP) is 0.424. The molecule has 1 unspecified atom stereocenters. The molecule has 1 atom stereocenters. The fraction of sp³-hybridized carbons (Fsp3) is 0.615. The van der Waals surface area contributed by atoms with E-state index in [0.29, 0.717) is 24.5 Å². The highest BCUT2D eigenvalue weighted by atomic mass is 32.1. The van der Waals surface area contributed by atoms with Gasteiger partial charge in [-0.3, -0.25) is 19.5 Å². The van der Waals surface area contributed by atoms with E-state index in [9.17, 15) is 9.59 Å². The minimum atomic E-state index is -0.286. The molecule has 1 aromatic rings. The van der Waals surface area contributed by atoms with E-state index >= 15 is 0 Å². The maximum atomic E-state index is 12.3. The minimum Gasteiger partial charge on any atom is -0.358 e. The smallest absolute Gasteiger partial charge is 0.265 e. The molecule has 2 amide bonds. The Morgan fingerprint density at radius 2 is 2.20 bits per heavy atom. The third kappa shape index (κ3) is 2.99. The number of carbonyl (C=O) groups excluding carboxylic acids is 2. The Hall–Kier alpha value is -1.47. The molecule has 7 heteroatoms. The molecule has 0 aromatic carbocycles. The van der Waals surface area contributed by atoms with Crippen LogP contribution in [-0.4, -0.2) is 65.4 Å². The summed E-state index contributed by atoms with van der Waals surface area (Å²) >= 11 is 1.33. The van der Waals surface area contributed by atoms with E-state index in [4.69, 9.17) is 0 Å². The summed E-state index contributed by atoms with van der Waals surface area (Å²) < 4.78 is 0. The van der Waals surface area contributed by atoms with Crippen molar-refractivity contribution in [2.24, 2.45) is 0 Å². The van der Waals surface area contributed by atoms with Crippen molar-refractivity contribution in [1.29, 1.82) is 0 Å². The van der Waals surface area contributed by atoms with E-state index in [0.717, 1.165) is 0 Å². The maximum Gasteiger partial charge on any atom is 0.265 e. The molecule has 2 rings (SSSR count). The minimum absolute atomic E-state index is 0.0372. The quantitative estimate of drug-likeness (QED) is 0.878. The highest BCUT2D eigenvalue weighted by molar-refractivity contribution is 7.11. The van der Waals surface area contributed by atoms with Gasteiger partial charge in [-0.15, -0.1) is 11.3 Å². The third-order valence-electron chi connectivity index (χ3n) is 3.56. The van der Waals surface area contributed by atoms with E-state index in [1.165, 1.54) is 11.3 Å². The van der Waals surface area contributed by atoms with Crippen molar-refractivity contribution in [2.45, 2.75) is 25.9 Å². The number of likely N-dealkylation sites (N-methyl/N-ethyl adjacent to an activating group) is 1. The molecule has 0 saturated carbocycles. The summed E-state index contributed by atoms with van der Waals surface area (Å²) in [6.07, 6.45) is 1.58. The number of aromatic nitrogens is 1. The Kier molecular flexibility index (Phi) is 4.72. The number of hydrogen-bond donors (Lipinski definition) is 1. The van der Waals surface area contributed by atoms with E-state index in [2.05, 4.69) is 29.0 Å². The van der Waals surface area contributed by atoms with Crippen LogP contribution in [0.1, 0.15) is 23.5 Å². The molecule has 110 valence electrons. The van der Waals surface area contributed by atoms with Gasteiger partial charge < -0.3 is 10.2 Å². The van der Waals surface area contributed by atoms with Gasteiger partial charge in [0.2, 0.25) is 5.91 Å². The van der Waals surface area contributed by atoms with Crippen LogP contribution in [0.4, 0.5) is 0 Å². The van der Waals surface area contributed by atoms with Crippen LogP contribution in [0.3, 0.4) is 0 Å². The van der Waals surface area contributed by atoms with Crippen LogP contribution in [0.15, 0.2) is 11.7 Å². The van der Waals surface area contributed by atoms with Gasteiger partial charge in [0.25, 0.3) is 5.91 Å². The molecule has 0 aliphatic carbocycles. The van der Waals surface area contributed by atoms with Crippen molar-refractivity contribution >= 4 is 23.2 Å². The van der Waals surface area contributed by atoms with Gasteiger partial charge in [0.1, 0.15) is 10.9 Å². The van der Waals surface area contributed by atoms with Crippen molar-refractivity contribution in [1.82, 2.24) is 20.1 Å². The van der Waals surface area contributed by atoms with Gasteiger partial charge in [-0.25, -0.2) is 0 Å². The molecular weight excluding hydrogens is 276 g/mol. The van der Waals surface area contributed by atoms with Gasteiger partial charge in [0.05, 0.1) is 11.7 Å². The Morgan fingerprint density at radius 1 is 1.45 bits per heavy atom. The highest BCUT2D eigenvalue weighted by Gasteiger charge is 2.35. The van der Waals surface area contributed by atoms with E-state index in [1.807, 2.05) is 0 Å². The molecule has 0 bridgehead atoms. The van der Waals surface area contributed by atoms with Crippen molar-refractivity contribution in [2.75, 3.05) is 26.7 Å². The van der Waals surface area contributed by atoms with Crippen molar-refractivity contribution in [3.05, 3.63) is 16.6 Å². The lowest BCUT2D eigenvalue weighted by Crippen LogP contribution is -2.61. The van der Waals surface area contributed by atoms with Gasteiger partial charge in [-0.05, 0) is 13.8 Å². The molecule has 0 radical (unpaired) electrons. The Morgan fingerprint density at radius 3 is 2.75 bits per heavy atom. The van der Waals surface area contributed by atoms with Crippen LogP contribution in [-0.2, 0) is 4.79 Å². The number of amides is 2. The van der Waals surface area contributed by atoms with Crippen molar-refractivity contribution in [3.8, 4) is 0 Å². The Balaban J connectivity index is 2.12. The second-order valence-corrected chi connectivity index (χ2v) is 5.96. The van der Waals surface area contributed by atoms with Crippen LogP contribution in [0.2, 0.25) is 0 Å². The second-order valence-electron chi connectivity index (χ2n) is 5.08. The fourth-order valence-corrected chi connectivity index (χ4v) is 3.06. The van der Waals surface area contributed by atoms with Gasteiger partial charge >= 0.3 is 0 Å². The number of nitrogens with zero attached hydrogens (tertiary/aromatic N) is 3. The number of carbonyl (C=O) groups is 2. The Labute approximate surface area is 122 Å². The summed E-state index contributed by atoms with van der Waals surface area (Å²) in [6, 6.07) is -0.0106. The zero-order chi connectivity index (χ0) is 14.7. The van der Waals surface area contributed by atoms with Crippen LogP contribution < -0.4 is 5.32 Å². The molecule has 1 saturated heterocycles. The fourth-order valence-electron chi connectivity index (χ4n) is 2.48. The normalized spacial score (nSPS) is 20.2. The highest BCUT2D eigenvalue weighted by Crippen LogP contribution is 2.17. The average Bonchev–Trinajstić information content (AvgIpc) is 2.99. The number of thiazole rings is 1. The average molecular weight is 296 g/mol. The van der Waals surface area contributed by atoms with E-state index in [-0.39, 0.29) is 23.9 Å². The molecule has 6 nitrogen and oxygen atoms in total. The Bertz CT molecular complexity index is 475. The first-order chi connectivity index (χ1) is 9.54. The zero-order valence-corrected chi connectivity index (χ0v) is 12.8. The summed E-state index contributed by atoms with van der Waals surface area (Å²) in [4.78, 5) is 32.8. The molecule has 1 N–H and O–H groups in total. The molecule has 0 spiro atoms. The lowest BCUT2D eigenvalue weighted by Gasteiger charge is -2.42. The largest absolute Gasteiger partial charge is 0.358 e. The number of rotatable bonds is 3. The summed E-state index contributed by atoms with van der Waals surface area (Å²) in [5.74, 6) is -0.0784. The number of nitrogens with one attached hydrogen (secondary N) is 1. The molecule has 1 fully saturated rings. The van der Waals surface area contributed by atoms with Crippen LogP contribution >= 0.6 is 11.3 Å². The topological polar surface area (TPSA) is 65.5 Å². The summed E-state index contributed by atoms with van der Waals surface area (Å²) in [5.41, 5.74) is 1.65. The molecular formula is C13H20N4O2S. The van der Waals surface area contributed by atoms with Crippen LogP contribution in [0, 0.1) is 0 Å². The standard InChI is InChI=1S/C13H20N4O2S/c1-9(2)17-5-4-16(7-10(17)12(18)14-3)13(19)11-6-15-8-20-11/h6,8-10H,4-5,7H2,1-3H3,(H,14,18). The van der Waals surface area contributed by atoms with Gasteiger partial charge in [0.15, 0.2) is 0 Å². The van der Waals surface area contributed by atoms with Gasteiger partial charge in [0, 0.05) is 32.7 Å². The lowest BCUT2D eigenvalue weighted by molar-refractivity contribution is -0.128. The molecule has 1 aromatic heterocycles. The van der Waals surface area contributed by atoms with E-state index in [1.54, 1.807) is 23.7 Å². The first kappa shape index (κ1) is 14.9. The summed E-state index contributed by atoms with van der Waals surface area (Å²) in [5, 5.41) is 2.69. The molecule has 2 heterocycles. The molecule has 1 aliphatic heterocycles. The predicted molar refractivity (Wildman–Crippen MR) is 77.7 cm³/mol. The van der Waals surface area contributed by atoms with Crippen LogP contribution in [0.25, 0.3) is 0 Å². The lowest BCUT2D eigenvalue weighted by atomic mass is 10.1. The maximum absolute atomic E-state index is 12.3.